The SMILES string of the molecule is Cl.Fc1ccccc1SSc1ccccc1F.N#CCBr.N#CCOc1cccc2c(S(=O)(=O)c3ccccc3F)c[nH]c12.N#CCOc1cccc2c(Sc3ccccc3F)c[nH]c12.N#CCOc1cccc2cc[nH]c12.NCCOc1cccc2c(S(=O)(=O)c3ccccc3F)c[nH]c12.O=CO[O-].Oc1cccc2cc[nH]c12.[H-].[H-].[K+].[K+].[Na+]. The second kappa shape index (κ2) is 53.5. The summed E-state index contributed by atoms with van der Waals surface area (Å²) in [7, 11) is -5.56. The number of aromatic amines is 5. The summed E-state index contributed by atoms with van der Waals surface area (Å²) in [5.41, 5.74) is 8.96. The Morgan fingerprint density at radius 1 is 0.441 bits per heavy atom. The van der Waals surface area contributed by atoms with E-state index in [-0.39, 0.29) is 211 Å². The fraction of sp³-hybridized carbons (Fsp3) is 0.0741. The molecule has 0 bridgehead atoms. The molecule has 37 heteroatoms. The number of hydrogen-bond acceptors (Lipinski definition) is 20. The number of aromatic hydroxyl groups is 1. The van der Waals surface area contributed by atoms with Crippen LogP contribution in [0.1, 0.15) is 2.85 Å². The van der Waals surface area contributed by atoms with Gasteiger partial charge in [0.1, 0.15) is 92.4 Å². The third-order valence-electron chi connectivity index (χ3n) is 15.2. The maximum absolute atomic E-state index is 13.9. The zero-order chi connectivity index (χ0) is 81.8. The first-order valence-electron chi connectivity index (χ1n) is 33.1. The first-order valence-corrected chi connectivity index (χ1v) is 40.2. The number of H-pyrrole nitrogens is 5. The van der Waals surface area contributed by atoms with Crippen molar-refractivity contribution >= 4 is 142 Å². The standard InChI is InChI=1S/C16H15FN2O3S.C16H11FN2O3S.C16H11FN2OS.C12H8F2S2.C10H8N2O.C8H7NO.C2H2BrN.CH2O3.ClH.2K.Na.2H/c2*17-12-5-1-2-7-14(12)23(20,21)15-10-19-16-11(15)4-3-6-13(16)22-9-8-18;17-12-5-1-2-7-14(12)21-15-10-19-16-11(15)4-3-6-13(16)20-9-8-18;13-9-5-1-3-7-11(9)15-16-12-8-4-2-6-10(12)14;11-5-7-13-9-3-1-2-8-4-6-12-10(8)9;10-7-3-1-2-6-4-5-9-8(6)7;3-1-2-4;2-1-4-3;;;;;;/h1-7,10,19H,8-9,18H2;1-7,10,19H,9H2;1-7,10,19H,9H2;1-8H;1-4,6,12H,7H2;1-5,9-10H;1H2;1,3H;1H;;;;;/q;;;;;;;;;3*+1;2*-1/p-1. The number of carbonyl (C=O) groups excluding carboxylic acids is 1. The van der Waals surface area contributed by atoms with Crippen LogP contribution < -0.4 is 162 Å². The number of fused-ring (bicyclic) bond motifs is 5. The van der Waals surface area contributed by atoms with Gasteiger partial charge in [0, 0.05) is 74.3 Å². The molecular formula is C81H66BrClF5K2N10NaO12S5. The van der Waals surface area contributed by atoms with E-state index in [1.54, 1.807) is 97.1 Å². The number of halogens is 7. The predicted molar refractivity (Wildman–Crippen MR) is 436 cm³/mol. The molecule has 118 heavy (non-hydrogen) atoms. The van der Waals surface area contributed by atoms with Gasteiger partial charge in [-0.15, -0.1) is 12.4 Å². The van der Waals surface area contributed by atoms with Crippen LogP contribution >= 0.6 is 61.7 Å². The van der Waals surface area contributed by atoms with Gasteiger partial charge < -0.3 is 67.7 Å². The predicted octanol–water partition coefficient (Wildman–Crippen LogP) is 9.59. The fourth-order valence-electron chi connectivity index (χ4n) is 10.3. The van der Waals surface area contributed by atoms with Crippen LogP contribution in [0, 0.1) is 74.4 Å². The van der Waals surface area contributed by atoms with Crippen molar-refractivity contribution in [2.75, 3.05) is 38.3 Å². The van der Waals surface area contributed by atoms with Crippen LogP contribution in [0.25, 0.3) is 54.5 Å². The van der Waals surface area contributed by atoms with Gasteiger partial charge in [0.25, 0.3) is 6.47 Å². The number of nitrogens with zero attached hydrogens (tertiary/aromatic N) is 4. The number of alkyl halides is 1. The Morgan fingerprint density at radius 2 is 0.788 bits per heavy atom. The Morgan fingerprint density at radius 3 is 1.19 bits per heavy atom. The first kappa shape index (κ1) is 102. The third-order valence-corrected chi connectivity index (χ3v) is 22.6. The van der Waals surface area contributed by atoms with Crippen molar-refractivity contribution in [3.8, 4) is 53.0 Å². The van der Waals surface area contributed by atoms with Crippen LogP contribution in [0.15, 0.2) is 295 Å². The molecule has 0 aliphatic rings. The maximum Gasteiger partial charge on any atom is 1.00 e. The monoisotopic (exact) mass is 1840 g/mol. The quantitative estimate of drug-likeness (QED) is 0.00753. The van der Waals surface area contributed by atoms with Gasteiger partial charge in [0.2, 0.25) is 19.7 Å². The molecule has 0 unspecified atom stereocenters. The van der Waals surface area contributed by atoms with Gasteiger partial charge in [0.15, 0.2) is 19.8 Å². The first-order chi connectivity index (χ1) is 55.3. The topological polar surface area (TPSA) is 375 Å². The number of nitrogens with one attached hydrogen (secondary N) is 5. The molecule has 5 heterocycles. The Labute approximate surface area is 811 Å². The van der Waals surface area contributed by atoms with Crippen molar-refractivity contribution in [1.29, 1.82) is 21.0 Å². The molecule has 10 aromatic carbocycles. The van der Waals surface area contributed by atoms with Gasteiger partial charge >= 0.3 is 132 Å². The van der Waals surface area contributed by atoms with E-state index in [2.05, 4.69) is 45.7 Å². The summed E-state index contributed by atoms with van der Waals surface area (Å²) < 4.78 is 140. The van der Waals surface area contributed by atoms with Crippen LogP contribution in [-0.2, 0) is 29.4 Å². The van der Waals surface area contributed by atoms with E-state index >= 15 is 0 Å². The number of ether oxygens (including phenoxy) is 4. The van der Waals surface area contributed by atoms with Gasteiger partial charge in [-0.1, -0.05) is 149 Å². The minimum absolute atomic E-state index is 0. The molecule has 5 aromatic heterocycles. The molecule has 0 radical (unpaired) electrons. The van der Waals surface area contributed by atoms with Gasteiger partial charge in [0.05, 0.1) is 58.6 Å². The molecule has 0 spiro atoms. The van der Waals surface area contributed by atoms with Crippen molar-refractivity contribution in [2.24, 2.45) is 5.73 Å². The Kier molecular flexibility index (Phi) is 46.4. The van der Waals surface area contributed by atoms with Crippen LogP contribution in [0.4, 0.5) is 22.0 Å². The average Bonchev–Trinajstić information content (AvgIpc) is 1.55. The molecule has 0 aliphatic carbocycles. The molecule has 8 N–H and O–H groups in total. The van der Waals surface area contributed by atoms with Gasteiger partial charge in [-0.3, -0.25) is 4.79 Å². The molecule has 15 rings (SSSR count). The minimum atomic E-state index is -4.02. The summed E-state index contributed by atoms with van der Waals surface area (Å²) in [5, 5.41) is 55.1. The third kappa shape index (κ3) is 28.8. The van der Waals surface area contributed by atoms with E-state index in [9.17, 15) is 43.9 Å². The normalized spacial score (nSPS) is 10.1. The zero-order valence-electron chi connectivity index (χ0n) is 64.6. The molecule has 0 atom stereocenters. The molecule has 0 saturated carbocycles. The molecule has 0 amide bonds. The van der Waals surface area contributed by atoms with E-state index in [1.807, 2.05) is 104 Å². The van der Waals surface area contributed by atoms with Gasteiger partial charge in [-0.25, -0.2) is 38.8 Å². The van der Waals surface area contributed by atoms with E-state index in [1.165, 1.54) is 100 Å². The number of benzene rings is 10. The Hall–Kier alpha value is -8.11. The number of nitrogens with two attached hydrogens (primary N) is 1. The zero-order valence-corrected chi connectivity index (χ0v) is 77.3. The number of phenols is 1. The number of rotatable bonds is 19. The second-order valence-corrected chi connectivity index (χ2v) is 29.9. The van der Waals surface area contributed by atoms with Crippen LogP contribution in [0.2, 0.25) is 0 Å². The number of nitriles is 4. The number of sulfone groups is 2. The molecule has 0 aliphatic heterocycles. The van der Waals surface area contributed by atoms with Crippen molar-refractivity contribution in [2.45, 2.75) is 39.2 Å². The molecular weight excluding hydrogens is 1780 g/mol. The Balaban J connectivity index is 0.000000482. The maximum atomic E-state index is 13.9. The van der Waals surface area contributed by atoms with E-state index in [0.29, 0.717) is 78.0 Å². The number of carbonyl (C=O) groups is 1. The summed E-state index contributed by atoms with van der Waals surface area (Å²) in [4.78, 5) is 27.8. The number of aromatic nitrogens is 5. The fourth-order valence-corrected chi connectivity index (χ4v) is 16.3. The summed E-state index contributed by atoms with van der Waals surface area (Å²) in [6.07, 6.45) is 8.13. The van der Waals surface area contributed by atoms with E-state index in [0.717, 1.165) is 55.5 Å². The summed E-state index contributed by atoms with van der Waals surface area (Å²) >= 11 is 4.24. The van der Waals surface area contributed by atoms with E-state index in [4.69, 9.17) is 55.8 Å². The number of hydrogen-bond donors (Lipinski definition) is 7. The van der Waals surface area contributed by atoms with Crippen LogP contribution in [0.3, 0.4) is 0 Å². The molecule has 0 fully saturated rings. The number of phenolic OH excluding ortho intramolecular Hbond substituents is 1. The second-order valence-electron chi connectivity index (χ2n) is 22.3. The molecule has 0 saturated heterocycles. The van der Waals surface area contributed by atoms with Crippen LogP contribution in [0.5, 0.6) is 28.7 Å². The summed E-state index contributed by atoms with van der Waals surface area (Å²) in [6, 6.07) is 68.2. The van der Waals surface area contributed by atoms with Gasteiger partial charge in [-0.2, -0.15) is 21.0 Å². The number of para-hydroxylation sites is 5. The van der Waals surface area contributed by atoms with E-state index < -0.39 is 31.3 Å². The average molecular weight is 1840 g/mol. The van der Waals surface area contributed by atoms with Crippen molar-refractivity contribution < 1.29 is 213 Å². The smallest absolute Gasteiger partial charge is 1.00 e. The summed E-state index contributed by atoms with van der Waals surface area (Å²) in [5.74, 6) is 0.125. The minimum Gasteiger partial charge on any atom is -1.00 e. The molecule has 15 aromatic rings. The van der Waals surface area contributed by atoms with Gasteiger partial charge in [-0.05, 0) is 125 Å². The Bertz CT molecular complexity index is 6120. The van der Waals surface area contributed by atoms with Crippen molar-refractivity contribution in [3.63, 3.8) is 0 Å². The largest absolute Gasteiger partial charge is 1.00 e. The van der Waals surface area contributed by atoms with Crippen molar-refractivity contribution in [3.05, 3.63) is 285 Å². The van der Waals surface area contributed by atoms with Crippen molar-refractivity contribution in [1.82, 2.24) is 24.9 Å². The summed E-state index contributed by atoms with van der Waals surface area (Å²) in [6.45, 7) is 0.393. The molecule has 594 valence electrons. The van der Waals surface area contributed by atoms with Crippen LogP contribution in [-0.4, -0.2) is 91.6 Å². The molecule has 22 nitrogen and oxygen atoms in total.